The zero-order chi connectivity index (χ0) is 17.3. The van der Waals surface area contributed by atoms with E-state index in [1.54, 1.807) is 6.20 Å². The molecule has 2 aliphatic rings. The van der Waals surface area contributed by atoms with E-state index in [4.69, 9.17) is 0 Å². The quantitative estimate of drug-likeness (QED) is 0.865. The molecule has 2 aliphatic carbocycles. The number of aromatic nitrogens is 1. The maximum absolute atomic E-state index is 12.9. The first-order valence-electron chi connectivity index (χ1n) is 9.22. The summed E-state index contributed by atoms with van der Waals surface area (Å²) in [5.74, 6) is 0. The van der Waals surface area contributed by atoms with Crippen LogP contribution in [0, 0.1) is 0 Å². The van der Waals surface area contributed by atoms with Crippen LogP contribution in [0.25, 0.3) is 0 Å². The van der Waals surface area contributed by atoms with Crippen molar-refractivity contribution in [2.75, 3.05) is 6.54 Å². The lowest BCUT2D eigenvalue weighted by molar-refractivity contribution is 0.173. The van der Waals surface area contributed by atoms with E-state index in [0.29, 0.717) is 12.6 Å². The van der Waals surface area contributed by atoms with E-state index in [0.717, 1.165) is 31.4 Å². The maximum atomic E-state index is 12.9. The van der Waals surface area contributed by atoms with Gasteiger partial charge in [0.2, 0.25) is 0 Å². The van der Waals surface area contributed by atoms with Crippen molar-refractivity contribution in [3.8, 4) is 0 Å². The summed E-state index contributed by atoms with van der Waals surface area (Å²) in [5.41, 5.74) is 2.43. The summed E-state index contributed by atoms with van der Waals surface area (Å²) >= 11 is 0. The van der Waals surface area contributed by atoms with Crippen LogP contribution in [0.2, 0.25) is 0 Å². The Bertz CT molecular complexity index is 723. The van der Waals surface area contributed by atoms with Crippen molar-refractivity contribution < 1.29 is 4.79 Å². The molecule has 2 saturated carbocycles. The molecule has 1 aromatic heterocycles. The van der Waals surface area contributed by atoms with Crippen molar-refractivity contribution in [1.82, 2.24) is 15.2 Å². The topological polar surface area (TPSA) is 45.2 Å². The van der Waals surface area contributed by atoms with Crippen LogP contribution >= 0.6 is 0 Å². The third-order valence-corrected chi connectivity index (χ3v) is 5.53. The third-order valence-electron chi connectivity index (χ3n) is 5.53. The normalized spacial score (nSPS) is 19.1. The molecule has 4 rings (SSSR count). The minimum atomic E-state index is 0.000536. The zero-order valence-electron chi connectivity index (χ0n) is 14.7. The van der Waals surface area contributed by atoms with Crippen molar-refractivity contribution in [3.63, 3.8) is 0 Å². The van der Waals surface area contributed by atoms with Gasteiger partial charge >= 0.3 is 6.03 Å². The minimum absolute atomic E-state index is 0.000536. The van der Waals surface area contributed by atoms with Crippen LogP contribution in [0.3, 0.4) is 0 Å². The van der Waals surface area contributed by atoms with Crippen LogP contribution in [-0.4, -0.2) is 28.5 Å². The lowest BCUT2D eigenvalue weighted by Gasteiger charge is -2.30. The average molecular weight is 335 g/mol. The molecule has 0 spiro atoms. The Balaban J connectivity index is 1.44. The van der Waals surface area contributed by atoms with Gasteiger partial charge < -0.3 is 10.2 Å². The summed E-state index contributed by atoms with van der Waals surface area (Å²) in [7, 11) is 0. The van der Waals surface area contributed by atoms with Gasteiger partial charge in [-0.25, -0.2) is 4.79 Å². The van der Waals surface area contributed by atoms with E-state index in [-0.39, 0.29) is 17.5 Å². The third kappa shape index (κ3) is 3.39. The summed E-state index contributed by atoms with van der Waals surface area (Å²) in [6.45, 7) is 2.79. The predicted octanol–water partition coefficient (Wildman–Crippen LogP) is 4.05. The van der Waals surface area contributed by atoms with Crippen molar-refractivity contribution in [3.05, 3.63) is 66.0 Å². The van der Waals surface area contributed by atoms with Gasteiger partial charge in [-0.1, -0.05) is 36.4 Å². The van der Waals surface area contributed by atoms with Crippen molar-refractivity contribution >= 4 is 6.03 Å². The zero-order valence-corrected chi connectivity index (χ0v) is 14.7. The first-order chi connectivity index (χ1) is 12.2. The molecular formula is C21H25N3O. The van der Waals surface area contributed by atoms with Crippen LogP contribution in [-0.2, 0) is 5.41 Å². The molecule has 2 fully saturated rings. The predicted molar refractivity (Wildman–Crippen MR) is 98.3 cm³/mol. The number of amides is 2. The highest BCUT2D eigenvalue weighted by molar-refractivity contribution is 5.75. The molecule has 4 nitrogen and oxygen atoms in total. The number of nitrogens with one attached hydrogen (secondary N) is 1. The second-order valence-corrected chi connectivity index (χ2v) is 7.37. The summed E-state index contributed by atoms with van der Waals surface area (Å²) in [6.07, 6.45) is 6.28. The highest BCUT2D eigenvalue weighted by atomic mass is 16.2. The van der Waals surface area contributed by atoms with Crippen LogP contribution in [0.4, 0.5) is 4.79 Å². The SMILES string of the molecule is C[C@H](c1ccccn1)N(C(=O)NCC1(c2ccccc2)CC1)C1CC1. The average Bonchev–Trinajstić information content (AvgIpc) is 3.57. The van der Waals surface area contributed by atoms with Crippen LogP contribution in [0.5, 0.6) is 0 Å². The lowest BCUT2D eigenvalue weighted by atomic mass is 9.96. The molecule has 1 N–H and O–H groups in total. The lowest BCUT2D eigenvalue weighted by Crippen LogP contribution is -2.45. The van der Waals surface area contributed by atoms with E-state index in [9.17, 15) is 4.79 Å². The Labute approximate surface area is 149 Å². The van der Waals surface area contributed by atoms with E-state index in [1.807, 2.05) is 29.2 Å². The van der Waals surface area contributed by atoms with Crippen molar-refractivity contribution in [2.45, 2.75) is 50.1 Å². The molecule has 0 bridgehead atoms. The number of hydrogen-bond donors (Lipinski definition) is 1. The van der Waals surface area contributed by atoms with Crippen molar-refractivity contribution in [2.24, 2.45) is 0 Å². The Morgan fingerprint density at radius 1 is 1.20 bits per heavy atom. The largest absolute Gasteiger partial charge is 0.337 e. The summed E-state index contributed by atoms with van der Waals surface area (Å²) in [4.78, 5) is 19.4. The number of carbonyl (C=O) groups excluding carboxylic acids is 1. The fourth-order valence-corrected chi connectivity index (χ4v) is 3.62. The van der Waals surface area contributed by atoms with Gasteiger partial charge in [0.25, 0.3) is 0 Å². The van der Waals surface area contributed by atoms with Gasteiger partial charge in [0.15, 0.2) is 0 Å². The van der Waals surface area contributed by atoms with Gasteiger partial charge in [0.1, 0.15) is 0 Å². The molecule has 0 unspecified atom stereocenters. The molecule has 0 saturated heterocycles. The Morgan fingerprint density at radius 3 is 2.52 bits per heavy atom. The molecule has 0 radical (unpaired) electrons. The second kappa shape index (κ2) is 6.51. The van der Waals surface area contributed by atoms with Gasteiger partial charge in [-0.2, -0.15) is 0 Å². The highest BCUT2D eigenvalue weighted by Crippen LogP contribution is 2.47. The van der Waals surface area contributed by atoms with Crippen LogP contribution in [0.15, 0.2) is 54.7 Å². The van der Waals surface area contributed by atoms with Crippen molar-refractivity contribution in [1.29, 1.82) is 0 Å². The summed E-state index contributed by atoms with van der Waals surface area (Å²) in [6, 6.07) is 16.8. The van der Waals surface area contributed by atoms with E-state index < -0.39 is 0 Å². The van der Waals surface area contributed by atoms with E-state index in [1.165, 1.54) is 5.56 Å². The molecule has 2 amide bonds. The van der Waals surface area contributed by atoms with Crippen LogP contribution < -0.4 is 5.32 Å². The molecule has 1 atom stereocenters. The fraction of sp³-hybridized carbons (Fsp3) is 0.429. The molecule has 130 valence electrons. The Kier molecular flexibility index (Phi) is 4.20. The standard InChI is InChI=1S/C21H25N3O/c1-16(19-9-5-6-14-22-19)24(18-10-11-18)20(25)23-15-21(12-13-21)17-7-3-2-4-8-17/h2-9,14,16,18H,10-13,15H2,1H3,(H,23,25)/t16-/m1/s1. The number of rotatable bonds is 6. The number of hydrogen-bond acceptors (Lipinski definition) is 2. The molecule has 4 heteroatoms. The van der Waals surface area contributed by atoms with E-state index >= 15 is 0 Å². The molecule has 25 heavy (non-hydrogen) atoms. The number of pyridine rings is 1. The number of urea groups is 1. The summed E-state index contributed by atoms with van der Waals surface area (Å²) < 4.78 is 0. The number of nitrogens with zero attached hydrogens (tertiary/aromatic N) is 2. The van der Waals surface area contributed by atoms with Crippen LogP contribution in [0.1, 0.15) is 49.9 Å². The molecule has 1 aromatic carbocycles. The van der Waals surface area contributed by atoms with Gasteiger partial charge in [-0.15, -0.1) is 0 Å². The first kappa shape index (κ1) is 16.1. The maximum Gasteiger partial charge on any atom is 0.318 e. The monoisotopic (exact) mass is 335 g/mol. The fourth-order valence-electron chi connectivity index (χ4n) is 3.62. The first-order valence-corrected chi connectivity index (χ1v) is 9.22. The van der Waals surface area contributed by atoms with Gasteiger partial charge in [0.05, 0.1) is 11.7 Å². The highest BCUT2D eigenvalue weighted by Gasteiger charge is 2.45. The molecule has 2 aromatic rings. The molecule has 1 heterocycles. The van der Waals surface area contributed by atoms with Gasteiger partial charge in [-0.3, -0.25) is 4.98 Å². The minimum Gasteiger partial charge on any atom is -0.337 e. The Hall–Kier alpha value is -2.36. The van der Waals surface area contributed by atoms with E-state index in [2.05, 4.69) is 41.5 Å². The second-order valence-electron chi connectivity index (χ2n) is 7.37. The summed E-state index contributed by atoms with van der Waals surface area (Å²) in [5, 5.41) is 3.22. The number of carbonyl (C=O) groups is 1. The van der Waals surface area contributed by atoms with Gasteiger partial charge in [-0.05, 0) is 50.3 Å². The molecule has 0 aliphatic heterocycles. The van der Waals surface area contributed by atoms with Gasteiger partial charge in [0, 0.05) is 24.2 Å². The smallest absolute Gasteiger partial charge is 0.318 e. The molecular weight excluding hydrogens is 310 g/mol. The number of benzene rings is 1. The Morgan fingerprint density at radius 2 is 1.92 bits per heavy atom.